The van der Waals surface area contributed by atoms with Gasteiger partial charge in [-0.3, -0.25) is 9.88 Å². The van der Waals surface area contributed by atoms with Crippen molar-refractivity contribution >= 4 is 40.7 Å². The van der Waals surface area contributed by atoms with E-state index in [9.17, 15) is 0 Å². The maximum Gasteiger partial charge on any atom is 0.0578 e. The number of nitrogens with one attached hydrogen (secondary N) is 1. The van der Waals surface area contributed by atoms with E-state index in [4.69, 9.17) is 0 Å². The fraction of sp³-hybridized carbons (Fsp3) is 0.643. The van der Waals surface area contributed by atoms with Crippen LogP contribution in [0.25, 0.3) is 0 Å². The zero-order valence-corrected chi connectivity index (χ0v) is 15.2. The van der Waals surface area contributed by atoms with Crippen molar-refractivity contribution in [1.82, 2.24) is 15.2 Å². The summed E-state index contributed by atoms with van der Waals surface area (Å²) in [6, 6.07) is 4.70. The third-order valence-corrected chi connectivity index (χ3v) is 4.25. The lowest BCUT2D eigenvalue weighted by molar-refractivity contribution is 0.125. The average molecular weight is 385 g/mol. The van der Waals surface area contributed by atoms with Gasteiger partial charge in [0.05, 0.1) is 11.7 Å². The third-order valence-electron chi connectivity index (χ3n) is 3.78. The molecule has 3 nitrogen and oxygen atoms in total. The molecule has 1 aliphatic rings. The highest BCUT2D eigenvalue weighted by Crippen LogP contribution is 2.30. The summed E-state index contributed by atoms with van der Waals surface area (Å²) in [5, 5.41) is 3.42. The van der Waals surface area contributed by atoms with Gasteiger partial charge in [0.15, 0.2) is 0 Å². The first-order valence-electron chi connectivity index (χ1n) is 6.78. The predicted molar refractivity (Wildman–Crippen MR) is 93.1 cm³/mol. The molecule has 1 fully saturated rings. The number of nitrogens with zero attached hydrogens (tertiary/aromatic N) is 2. The van der Waals surface area contributed by atoms with E-state index in [1.807, 2.05) is 6.20 Å². The van der Waals surface area contributed by atoms with E-state index >= 15 is 0 Å². The Morgan fingerprint density at radius 3 is 2.45 bits per heavy atom. The summed E-state index contributed by atoms with van der Waals surface area (Å²) in [5.41, 5.74) is 1.20. The van der Waals surface area contributed by atoms with E-state index in [1.165, 1.54) is 12.1 Å². The Kier molecular flexibility index (Phi) is 10.0. The minimum absolute atomic E-state index is 0. The fourth-order valence-electron chi connectivity index (χ4n) is 2.58. The average Bonchev–Trinajstić information content (AvgIpc) is 2.42. The van der Waals surface area contributed by atoms with Gasteiger partial charge in [0.25, 0.3) is 0 Å². The minimum Gasteiger partial charge on any atom is -0.314 e. The van der Waals surface area contributed by atoms with Crippen LogP contribution in [-0.2, 0) is 0 Å². The summed E-state index contributed by atoms with van der Waals surface area (Å²) >= 11 is 3.46. The van der Waals surface area contributed by atoms with Crippen LogP contribution in [0.5, 0.6) is 0 Å². The van der Waals surface area contributed by atoms with Crippen LogP contribution in [0.4, 0.5) is 0 Å². The molecule has 0 spiro atoms. The van der Waals surface area contributed by atoms with Crippen LogP contribution in [-0.4, -0.2) is 36.1 Å². The van der Waals surface area contributed by atoms with Gasteiger partial charge in [-0.1, -0.05) is 20.3 Å². The van der Waals surface area contributed by atoms with Crippen LogP contribution in [0.3, 0.4) is 0 Å². The Labute approximate surface area is 142 Å². The molecule has 1 aromatic rings. The lowest BCUT2D eigenvalue weighted by Crippen LogP contribution is -2.46. The van der Waals surface area contributed by atoms with E-state index < -0.39 is 0 Å². The molecule has 6 heteroatoms. The van der Waals surface area contributed by atoms with Crippen molar-refractivity contribution in [3.63, 3.8) is 0 Å². The van der Waals surface area contributed by atoms with Crippen molar-refractivity contribution in [3.8, 4) is 0 Å². The smallest absolute Gasteiger partial charge is 0.0578 e. The van der Waals surface area contributed by atoms with E-state index in [0.717, 1.165) is 30.7 Å². The molecule has 2 rings (SSSR count). The second kappa shape index (κ2) is 9.96. The Morgan fingerprint density at radius 2 is 1.95 bits per heavy atom. The highest BCUT2D eigenvalue weighted by Gasteiger charge is 2.27. The maximum absolute atomic E-state index is 4.61. The molecule has 0 aliphatic carbocycles. The van der Waals surface area contributed by atoms with Gasteiger partial charge in [-0.25, -0.2) is 0 Å². The molecule has 0 saturated carbocycles. The Balaban J connectivity index is 0.00000180. The van der Waals surface area contributed by atoms with E-state index in [1.54, 1.807) is 0 Å². The first kappa shape index (κ1) is 20.1. The van der Waals surface area contributed by atoms with Crippen molar-refractivity contribution in [2.45, 2.75) is 26.3 Å². The van der Waals surface area contributed by atoms with Gasteiger partial charge >= 0.3 is 0 Å². The quantitative estimate of drug-likeness (QED) is 0.857. The summed E-state index contributed by atoms with van der Waals surface area (Å²) in [6.45, 7) is 9.00. The van der Waals surface area contributed by atoms with Crippen molar-refractivity contribution in [2.24, 2.45) is 5.92 Å². The minimum atomic E-state index is 0. The molecule has 1 aliphatic heterocycles. The third kappa shape index (κ3) is 5.15. The molecule has 1 saturated heterocycles. The standard InChI is InChI=1S/C14H22BrN3.2ClH/c1-3-11(2)14(18-8-6-16-7-9-18)13-5-4-12(15)10-17-13;;/h4-5,10-11,14,16H,3,6-9H2,1-2H3;2*1H/t11?,14-;;/m0../s1. The number of aromatic nitrogens is 1. The van der Waals surface area contributed by atoms with E-state index in [2.05, 4.69) is 57.1 Å². The van der Waals surface area contributed by atoms with Gasteiger partial charge in [-0.2, -0.15) is 0 Å². The molecule has 0 radical (unpaired) electrons. The van der Waals surface area contributed by atoms with Gasteiger partial charge in [-0.15, -0.1) is 24.8 Å². The lowest BCUT2D eigenvalue weighted by Gasteiger charge is -2.37. The molecule has 0 bridgehead atoms. The van der Waals surface area contributed by atoms with Crippen molar-refractivity contribution in [1.29, 1.82) is 0 Å². The maximum atomic E-state index is 4.61. The van der Waals surface area contributed by atoms with Crippen LogP contribution >= 0.6 is 40.7 Å². The summed E-state index contributed by atoms with van der Waals surface area (Å²) in [4.78, 5) is 7.18. The number of halogens is 3. The molecule has 1 unspecified atom stereocenters. The Hall–Kier alpha value is 0.130. The van der Waals surface area contributed by atoms with Gasteiger partial charge in [0.1, 0.15) is 0 Å². The first-order valence-corrected chi connectivity index (χ1v) is 7.58. The SMILES string of the molecule is CCC(C)[C@@H](c1ccc(Br)cn1)N1CCNCC1.Cl.Cl. The summed E-state index contributed by atoms with van der Waals surface area (Å²) in [7, 11) is 0. The lowest BCUT2D eigenvalue weighted by atomic mass is 9.93. The number of hydrogen-bond acceptors (Lipinski definition) is 3. The summed E-state index contributed by atoms with van der Waals surface area (Å²) < 4.78 is 1.05. The predicted octanol–water partition coefficient (Wildman–Crippen LogP) is 3.68. The molecule has 1 N–H and O–H groups in total. The van der Waals surface area contributed by atoms with Crippen molar-refractivity contribution in [2.75, 3.05) is 26.2 Å². The van der Waals surface area contributed by atoms with Gasteiger partial charge in [0, 0.05) is 36.8 Å². The van der Waals surface area contributed by atoms with Gasteiger partial charge in [-0.05, 0) is 34.0 Å². The second-order valence-electron chi connectivity index (χ2n) is 5.02. The molecule has 20 heavy (non-hydrogen) atoms. The molecular weight excluding hydrogens is 361 g/mol. The normalized spacial score (nSPS) is 18.6. The molecular formula is C14H24BrCl2N3. The van der Waals surface area contributed by atoms with Crippen molar-refractivity contribution in [3.05, 3.63) is 28.5 Å². The topological polar surface area (TPSA) is 28.2 Å². The number of pyridine rings is 1. The first-order chi connectivity index (χ1) is 8.72. The Morgan fingerprint density at radius 1 is 1.30 bits per heavy atom. The highest BCUT2D eigenvalue weighted by molar-refractivity contribution is 9.10. The molecule has 0 amide bonds. The van der Waals surface area contributed by atoms with Crippen LogP contribution in [0, 0.1) is 5.92 Å². The molecule has 2 heterocycles. The van der Waals surface area contributed by atoms with Crippen molar-refractivity contribution < 1.29 is 0 Å². The van der Waals surface area contributed by atoms with Crippen LogP contribution in [0.1, 0.15) is 32.0 Å². The summed E-state index contributed by atoms with van der Waals surface area (Å²) in [6.07, 6.45) is 3.10. The largest absolute Gasteiger partial charge is 0.314 e. The second-order valence-corrected chi connectivity index (χ2v) is 5.93. The Bertz CT molecular complexity index is 369. The van der Waals surface area contributed by atoms with Crippen LogP contribution in [0.2, 0.25) is 0 Å². The van der Waals surface area contributed by atoms with Gasteiger partial charge in [0.2, 0.25) is 0 Å². The zero-order valence-electron chi connectivity index (χ0n) is 12.0. The van der Waals surface area contributed by atoms with E-state index in [-0.39, 0.29) is 24.8 Å². The highest BCUT2D eigenvalue weighted by atomic mass is 79.9. The van der Waals surface area contributed by atoms with Crippen LogP contribution in [0.15, 0.2) is 22.8 Å². The monoisotopic (exact) mass is 383 g/mol. The van der Waals surface area contributed by atoms with Gasteiger partial charge < -0.3 is 5.32 Å². The number of hydrogen-bond donors (Lipinski definition) is 1. The van der Waals surface area contributed by atoms with Crippen LogP contribution < -0.4 is 5.32 Å². The molecule has 0 aromatic carbocycles. The molecule has 116 valence electrons. The molecule has 2 atom stereocenters. The number of piperazine rings is 1. The van der Waals surface area contributed by atoms with E-state index in [0.29, 0.717) is 12.0 Å². The number of rotatable bonds is 4. The fourth-order valence-corrected chi connectivity index (χ4v) is 2.82. The summed E-state index contributed by atoms with van der Waals surface area (Å²) in [5.74, 6) is 0.636. The zero-order chi connectivity index (χ0) is 13.0. The molecule has 1 aromatic heterocycles.